The topological polar surface area (TPSA) is 69.7 Å². The van der Waals surface area contributed by atoms with Crippen LogP contribution in [0.4, 0.5) is 4.79 Å². The Bertz CT molecular complexity index is 587. The normalized spacial score (nSPS) is 26.2. The maximum atomic E-state index is 12.4. The number of urea groups is 1. The fourth-order valence-electron chi connectivity index (χ4n) is 2.97. The van der Waals surface area contributed by atoms with Gasteiger partial charge in [0.15, 0.2) is 0 Å². The minimum Gasteiger partial charge on any atom is -0.319 e. The van der Waals surface area contributed by atoms with E-state index in [1.54, 1.807) is 16.8 Å². The number of nitrogens with one attached hydrogen (secondary N) is 1. The molecule has 2 aliphatic heterocycles. The van der Waals surface area contributed by atoms with Crippen molar-refractivity contribution >= 4 is 17.8 Å². The van der Waals surface area contributed by atoms with Gasteiger partial charge in [0.1, 0.15) is 6.04 Å². The van der Waals surface area contributed by atoms with E-state index in [1.807, 2.05) is 30.3 Å². The molecule has 2 aliphatic rings. The third-order valence-corrected chi connectivity index (χ3v) is 4.16. The molecule has 110 valence electrons. The van der Waals surface area contributed by atoms with Gasteiger partial charge in [-0.1, -0.05) is 30.3 Å². The van der Waals surface area contributed by atoms with Crippen LogP contribution in [0.15, 0.2) is 30.3 Å². The van der Waals surface area contributed by atoms with Crippen molar-refractivity contribution < 1.29 is 14.4 Å². The van der Waals surface area contributed by atoms with E-state index < -0.39 is 6.04 Å². The van der Waals surface area contributed by atoms with Crippen molar-refractivity contribution in [1.29, 1.82) is 0 Å². The first-order valence-corrected chi connectivity index (χ1v) is 7.00. The van der Waals surface area contributed by atoms with Gasteiger partial charge in [-0.25, -0.2) is 4.79 Å². The van der Waals surface area contributed by atoms with E-state index in [4.69, 9.17) is 0 Å². The first kappa shape index (κ1) is 13.6. The molecule has 1 aromatic rings. The maximum Gasteiger partial charge on any atom is 0.321 e. The third kappa shape index (κ3) is 2.37. The Morgan fingerprint density at radius 1 is 1.10 bits per heavy atom. The zero-order valence-electron chi connectivity index (χ0n) is 11.8. The standard InChI is InChI=1S/C15H17N3O3/c1-17-12(10-5-3-2-4-6-10)9-18(15(17)21)11-7-8-13(19)16-14(11)20/h2-6,11-12H,7-9H2,1H3,(H,16,19,20). The zero-order chi connectivity index (χ0) is 15.0. The Morgan fingerprint density at radius 3 is 2.48 bits per heavy atom. The molecule has 0 radical (unpaired) electrons. The van der Waals surface area contributed by atoms with E-state index in [2.05, 4.69) is 5.32 Å². The lowest BCUT2D eigenvalue weighted by Crippen LogP contribution is -2.53. The third-order valence-electron chi connectivity index (χ3n) is 4.16. The number of imide groups is 1. The van der Waals surface area contributed by atoms with Crippen LogP contribution in [0.1, 0.15) is 24.4 Å². The van der Waals surface area contributed by atoms with Crippen LogP contribution in [0.2, 0.25) is 0 Å². The van der Waals surface area contributed by atoms with E-state index in [1.165, 1.54) is 0 Å². The van der Waals surface area contributed by atoms with Crippen LogP contribution in [0, 0.1) is 0 Å². The lowest BCUT2D eigenvalue weighted by molar-refractivity contribution is -0.136. The summed E-state index contributed by atoms with van der Waals surface area (Å²) in [6.45, 7) is 0.464. The molecule has 2 fully saturated rings. The van der Waals surface area contributed by atoms with Gasteiger partial charge in [-0.2, -0.15) is 0 Å². The Labute approximate surface area is 122 Å². The monoisotopic (exact) mass is 287 g/mol. The average molecular weight is 287 g/mol. The van der Waals surface area contributed by atoms with Crippen molar-refractivity contribution in [2.24, 2.45) is 0 Å². The Hall–Kier alpha value is -2.37. The van der Waals surface area contributed by atoms with Crippen LogP contribution >= 0.6 is 0 Å². The highest BCUT2D eigenvalue weighted by atomic mass is 16.2. The molecule has 6 heteroatoms. The molecule has 4 amide bonds. The summed E-state index contributed by atoms with van der Waals surface area (Å²) >= 11 is 0. The molecule has 1 aromatic carbocycles. The van der Waals surface area contributed by atoms with Crippen LogP contribution in [-0.4, -0.2) is 47.3 Å². The molecule has 2 heterocycles. The van der Waals surface area contributed by atoms with Crippen LogP contribution < -0.4 is 5.32 Å². The number of nitrogens with zero attached hydrogens (tertiary/aromatic N) is 2. The van der Waals surface area contributed by atoms with E-state index in [-0.39, 0.29) is 30.3 Å². The highest BCUT2D eigenvalue weighted by molar-refractivity contribution is 6.01. The molecular formula is C15H17N3O3. The fraction of sp³-hybridized carbons (Fsp3) is 0.400. The predicted octanol–water partition coefficient (Wildman–Crippen LogP) is 0.900. The molecule has 0 bridgehead atoms. The fourth-order valence-corrected chi connectivity index (χ4v) is 2.97. The van der Waals surface area contributed by atoms with Gasteiger partial charge in [0.05, 0.1) is 6.04 Å². The number of rotatable bonds is 2. The van der Waals surface area contributed by atoms with Gasteiger partial charge in [0, 0.05) is 20.0 Å². The lowest BCUT2D eigenvalue weighted by Gasteiger charge is -2.28. The van der Waals surface area contributed by atoms with Crippen molar-refractivity contribution in [2.45, 2.75) is 24.9 Å². The molecule has 21 heavy (non-hydrogen) atoms. The summed E-state index contributed by atoms with van der Waals surface area (Å²) in [6.07, 6.45) is 0.672. The molecular weight excluding hydrogens is 270 g/mol. The van der Waals surface area contributed by atoms with Crippen molar-refractivity contribution in [3.05, 3.63) is 35.9 Å². The number of carbonyl (C=O) groups excluding carboxylic acids is 3. The average Bonchev–Trinajstić information content (AvgIpc) is 2.77. The number of carbonyl (C=O) groups is 3. The van der Waals surface area contributed by atoms with Crippen molar-refractivity contribution in [3.63, 3.8) is 0 Å². The number of amides is 4. The largest absolute Gasteiger partial charge is 0.321 e. The lowest BCUT2D eigenvalue weighted by atomic mass is 10.0. The Morgan fingerprint density at radius 2 is 1.81 bits per heavy atom. The number of benzene rings is 1. The van der Waals surface area contributed by atoms with E-state index in [0.717, 1.165) is 5.56 Å². The van der Waals surface area contributed by atoms with Gasteiger partial charge < -0.3 is 9.80 Å². The van der Waals surface area contributed by atoms with E-state index in [9.17, 15) is 14.4 Å². The van der Waals surface area contributed by atoms with Gasteiger partial charge in [-0.15, -0.1) is 0 Å². The smallest absolute Gasteiger partial charge is 0.319 e. The minimum atomic E-state index is -0.550. The van der Waals surface area contributed by atoms with E-state index in [0.29, 0.717) is 13.0 Å². The van der Waals surface area contributed by atoms with Gasteiger partial charge in [-0.05, 0) is 12.0 Å². The quantitative estimate of drug-likeness (QED) is 0.822. The van der Waals surface area contributed by atoms with Gasteiger partial charge in [-0.3, -0.25) is 14.9 Å². The molecule has 0 spiro atoms. The van der Waals surface area contributed by atoms with Crippen molar-refractivity contribution in [2.75, 3.05) is 13.6 Å². The maximum absolute atomic E-state index is 12.4. The molecule has 2 saturated heterocycles. The molecule has 0 aromatic heterocycles. The summed E-state index contributed by atoms with van der Waals surface area (Å²) < 4.78 is 0. The van der Waals surface area contributed by atoms with Crippen LogP contribution in [-0.2, 0) is 9.59 Å². The van der Waals surface area contributed by atoms with Gasteiger partial charge in [0.25, 0.3) is 0 Å². The second kappa shape index (κ2) is 5.20. The first-order valence-electron chi connectivity index (χ1n) is 7.00. The molecule has 2 atom stereocenters. The molecule has 6 nitrogen and oxygen atoms in total. The summed E-state index contributed by atoms with van der Waals surface area (Å²) in [7, 11) is 1.74. The Kier molecular flexibility index (Phi) is 3.37. The van der Waals surface area contributed by atoms with E-state index >= 15 is 0 Å². The summed E-state index contributed by atoms with van der Waals surface area (Å²) in [5.74, 6) is -0.641. The molecule has 0 saturated carbocycles. The zero-order valence-corrected chi connectivity index (χ0v) is 11.8. The number of hydrogen-bond donors (Lipinski definition) is 1. The highest BCUT2D eigenvalue weighted by Gasteiger charge is 2.43. The second-order valence-corrected chi connectivity index (χ2v) is 5.44. The van der Waals surface area contributed by atoms with Gasteiger partial charge >= 0.3 is 6.03 Å². The van der Waals surface area contributed by atoms with Crippen LogP contribution in [0.25, 0.3) is 0 Å². The summed E-state index contributed by atoms with van der Waals surface area (Å²) in [6, 6.07) is 8.96. The number of piperidine rings is 1. The minimum absolute atomic E-state index is 0.0656. The highest BCUT2D eigenvalue weighted by Crippen LogP contribution is 2.30. The molecule has 2 unspecified atom stereocenters. The predicted molar refractivity (Wildman–Crippen MR) is 75.2 cm³/mol. The van der Waals surface area contributed by atoms with Crippen LogP contribution in [0.5, 0.6) is 0 Å². The molecule has 3 rings (SSSR count). The second-order valence-electron chi connectivity index (χ2n) is 5.44. The SMILES string of the molecule is CN1C(=O)N(C2CCC(=O)NC2=O)CC1c1ccccc1. The van der Waals surface area contributed by atoms with Crippen LogP contribution in [0.3, 0.4) is 0 Å². The molecule has 1 N–H and O–H groups in total. The summed E-state index contributed by atoms with van der Waals surface area (Å²) in [4.78, 5) is 38.8. The summed E-state index contributed by atoms with van der Waals surface area (Å²) in [5.41, 5.74) is 1.04. The van der Waals surface area contributed by atoms with Crippen molar-refractivity contribution in [1.82, 2.24) is 15.1 Å². The Balaban J connectivity index is 1.81. The molecule has 0 aliphatic carbocycles. The first-order chi connectivity index (χ1) is 10.1. The number of hydrogen-bond acceptors (Lipinski definition) is 3. The van der Waals surface area contributed by atoms with Gasteiger partial charge in [0.2, 0.25) is 11.8 Å². The summed E-state index contributed by atoms with van der Waals surface area (Å²) in [5, 5.41) is 2.31. The van der Waals surface area contributed by atoms with Crippen molar-refractivity contribution in [3.8, 4) is 0 Å². The number of likely N-dealkylation sites (N-methyl/N-ethyl adjacent to an activating group) is 1.